The van der Waals surface area contributed by atoms with Crippen LogP contribution in [0.5, 0.6) is 0 Å². The smallest absolute Gasteiger partial charge is 0.307 e. The molecule has 0 aliphatic carbocycles. The van der Waals surface area contributed by atoms with Crippen LogP contribution in [0.2, 0.25) is 0 Å². The molecule has 4 heteroatoms. The van der Waals surface area contributed by atoms with Gasteiger partial charge >= 0.3 is 5.97 Å². The van der Waals surface area contributed by atoms with Gasteiger partial charge in [0.15, 0.2) is 0 Å². The quantitative estimate of drug-likeness (QED) is 0.420. The zero-order valence-electron chi connectivity index (χ0n) is 8.75. The molecule has 0 aromatic rings. The van der Waals surface area contributed by atoms with Gasteiger partial charge in [-0.3, -0.25) is 4.79 Å². The van der Waals surface area contributed by atoms with Crippen LogP contribution in [-0.2, 0) is 9.53 Å². The van der Waals surface area contributed by atoms with Crippen LogP contribution >= 0.6 is 12.6 Å². The molecule has 3 nitrogen and oxygen atoms in total. The Morgan fingerprint density at radius 3 is 2.64 bits per heavy atom. The summed E-state index contributed by atoms with van der Waals surface area (Å²) in [6.45, 7) is 4.14. The molecule has 0 aliphatic rings. The highest BCUT2D eigenvalue weighted by Gasteiger charge is 2.17. The molecule has 0 aliphatic heterocycles. The number of nitriles is 1. The van der Waals surface area contributed by atoms with Crippen molar-refractivity contribution in [3.63, 3.8) is 0 Å². The van der Waals surface area contributed by atoms with Gasteiger partial charge in [-0.15, -0.1) is 0 Å². The SMILES string of the molecule is CC(C)(S)CC(=O)OCCCCC#N. The molecule has 0 fully saturated rings. The molecule has 80 valence electrons. The minimum Gasteiger partial charge on any atom is -0.466 e. The second kappa shape index (κ2) is 6.72. The highest BCUT2D eigenvalue weighted by molar-refractivity contribution is 7.81. The van der Waals surface area contributed by atoms with Gasteiger partial charge in [-0.1, -0.05) is 13.8 Å². The molecule has 0 rings (SSSR count). The van der Waals surface area contributed by atoms with Gasteiger partial charge in [0.2, 0.25) is 0 Å². The number of hydrogen-bond acceptors (Lipinski definition) is 4. The van der Waals surface area contributed by atoms with Crippen molar-refractivity contribution in [3.05, 3.63) is 0 Å². The first kappa shape index (κ1) is 13.3. The lowest BCUT2D eigenvalue weighted by Crippen LogP contribution is -2.19. The van der Waals surface area contributed by atoms with Crippen LogP contribution in [0, 0.1) is 11.3 Å². The lowest BCUT2D eigenvalue weighted by atomic mass is 10.1. The van der Waals surface area contributed by atoms with Gasteiger partial charge in [0.25, 0.3) is 0 Å². The number of carbonyl (C=O) groups excluding carboxylic acids is 1. The topological polar surface area (TPSA) is 50.1 Å². The highest BCUT2D eigenvalue weighted by Crippen LogP contribution is 2.17. The van der Waals surface area contributed by atoms with Crippen LogP contribution in [-0.4, -0.2) is 17.3 Å². The third-order valence-corrected chi connectivity index (χ3v) is 1.68. The van der Waals surface area contributed by atoms with Crippen LogP contribution in [0.3, 0.4) is 0 Å². The largest absolute Gasteiger partial charge is 0.466 e. The molecular weight excluding hydrogens is 198 g/mol. The first-order chi connectivity index (χ1) is 6.45. The van der Waals surface area contributed by atoms with Crippen LogP contribution in [0.1, 0.15) is 39.5 Å². The average molecular weight is 215 g/mol. The summed E-state index contributed by atoms with van der Waals surface area (Å²) in [5.74, 6) is -0.220. The van der Waals surface area contributed by atoms with Crippen LogP contribution in [0.15, 0.2) is 0 Å². The van der Waals surface area contributed by atoms with E-state index < -0.39 is 0 Å². The van der Waals surface area contributed by atoms with Crippen molar-refractivity contribution in [2.24, 2.45) is 0 Å². The highest BCUT2D eigenvalue weighted by atomic mass is 32.1. The summed E-state index contributed by atoms with van der Waals surface area (Å²) in [5.41, 5.74) is 0. The Bertz CT molecular complexity index is 215. The number of ether oxygens (including phenoxy) is 1. The monoisotopic (exact) mass is 215 g/mol. The molecule has 0 unspecified atom stereocenters. The number of hydrogen-bond donors (Lipinski definition) is 1. The lowest BCUT2D eigenvalue weighted by molar-refractivity contribution is -0.144. The van der Waals surface area contributed by atoms with Gasteiger partial charge in [-0.2, -0.15) is 17.9 Å². The molecule has 0 bridgehead atoms. The summed E-state index contributed by atoms with van der Waals surface area (Å²) in [6, 6.07) is 2.04. The van der Waals surface area contributed by atoms with E-state index in [9.17, 15) is 4.79 Å². The van der Waals surface area contributed by atoms with Crippen molar-refractivity contribution in [1.29, 1.82) is 5.26 Å². The molecule has 0 saturated heterocycles. The second-order valence-corrected chi connectivity index (χ2v) is 5.04. The molecule has 0 N–H and O–H groups in total. The number of esters is 1. The van der Waals surface area contributed by atoms with Gasteiger partial charge in [-0.05, 0) is 12.8 Å². The Morgan fingerprint density at radius 1 is 1.50 bits per heavy atom. The fourth-order valence-electron chi connectivity index (χ4n) is 0.896. The molecule has 0 aromatic carbocycles. The van der Waals surface area contributed by atoms with E-state index in [2.05, 4.69) is 12.6 Å². The normalized spacial score (nSPS) is 10.7. The average Bonchev–Trinajstić information content (AvgIpc) is 2.00. The first-order valence-corrected chi connectivity index (χ1v) is 5.15. The van der Waals surface area contributed by atoms with E-state index in [1.807, 2.05) is 19.9 Å². The Kier molecular flexibility index (Phi) is 6.39. The Labute approximate surface area is 90.8 Å². The van der Waals surface area contributed by atoms with E-state index in [0.717, 1.165) is 12.8 Å². The fraction of sp³-hybridized carbons (Fsp3) is 0.800. The third kappa shape index (κ3) is 9.40. The van der Waals surface area contributed by atoms with Crippen molar-refractivity contribution in [3.8, 4) is 6.07 Å². The number of nitrogens with zero attached hydrogens (tertiary/aromatic N) is 1. The van der Waals surface area contributed by atoms with E-state index in [4.69, 9.17) is 10.00 Å². The summed E-state index contributed by atoms with van der Waals surface area (Å²) >= 11 is 4.23. The van der Waals surface area contributed by atoms with Crippen molar-refractivity contribution < 1.29 is 9.53 Å². The molecule has 0 amide bonds. The van der Waals surface area contributed by atoms with Crippen molar-refractivity contribution in [1.82, 2.24) is 0 Å². The number of rotatable bonds is 6. The first-order valence-electron chi connectivity index (χ1n) is 4.70. The summed E-state index contributed by atoms with van der Waals surface area (Å²) in [5, 5.41) is 8.26. The zero-order chi connectivity index (χ0) is 11.0. The van der Waals surface area contributed by atoms with E-state index in [-0.39, 0.29) is 10.7 Å². The van der Waals surface area contributed by atoms with Crippen LogP contribution < -0.4 is 0 Å². The molecule has 0 atom stereocenters. The number of carbonyl (C=O) groups is 1. The van der Waals surface area contributed by atoms with Crippen molar-refractivity contribution >= 4 is 18.6 Å². The Morgan fingerprint density at radius 2 is 2.14 bits per heavy atom. The summed E-state index contributed by atoms with van der Waals surface area (Å²) < 4.78 is 4.65. The van der Waals surface area contributed by atoms with Crippen molar-refractivity contribution in [2.45, 2.75) is 44.3 Å². The minimum atomic E-state index is -0.316. The maximum absolute atomic E-state index is 11.2. The molecule has 14 heavy (non-hydrogen) atoms. The van der Waals surface area contributed by atoms with E-state index >= 15 is 0 Å². The lowest BCUT2D eigenvalue weighted by Gasteiger charge is -2.15. The van der Waals surface area contributed by atoms with Gasteiger partial charge in [0.1, 0.15) is 0 Å². The molecular formula is C10H17NO2S. The minimum absolute atomic E-state index is 0.220. The van der Waals surface area contributed by atoms with Gasteiger partial charge in [0, 0.05) is 11.2 Å². The molecule has 0 aromatic heterocycles. The number of unbranched alkanes of at least 4 members (excludes halogenated alkanes) is 2. The Hall–Kier alpha value is -0.690. The summed E-state index contributed by atoms with van der Waals surface area (Å²) in [7, 11) is 0. The van der Waals surface area contributed by atoms with E-state index in [1.165, 1.54) is 0 Å². The standard InChI is InChI=1S/C10H17NO2S/c1-10(2,14)8-9(12)13-7-5-3-4-6-11/h14H,3-5,7-8H2,1-2H3. The van der Waals surface area contributed by atoms with Crippen LogP contribution in [0.4, 0.5) is 0 Å². The number of thiol groups is 1. The fourth-order valence-corrected chi connectivity index (χ4v) is 1.03. The van der Waals surface area contributed by atoms with E-state index in [1.54, 1.807) is 0 Å². The van der Waals surface area contributed by atoms with Gasteiger partial charge in [-0.25, -0.2) is 0 Å². The zero-order valence-corrected chi connectivity index (χ0v) is 9.64. The second-order valence-electron chi connectivity index (χ2n) is 3.82. The van der Waals surface area contributed by atoms with E-state index in [0.29, 0.717) is 19.4 Å². The predicted octanol–water partition coefficient (Wildman–Crippen LogP) is 2.32. The maximum Gasteiger partial charge on any atom is 0.307 e. The van der Waals surface area contributed by atoms with Crippen molar-refractivity contribution in [2.75, 3.05) is 6.61 Å². The Balaban J connectivity index is 3.42. The maximum atomic E-state index is 11.2. The van der Waals surface area contributed by atoms with Gasteiger partial charge < -0.3 is 4.74 Å². The molecule has 0 saturated carbocycles. The third-order valence-electron chi connectivity index (χ3n) is 1.52. The molecule has 0 radical (unpaired) electrons. The summed E-state index contributed by atoms with van der Waals surface area (Å²) in [4.78, 5) is 11.2. The predicted molar refractivity (Wildman–Crippen MR) is 58.1 cm³/mol. The summed E-state index contributed by atoms with van der Waals surface area (Å²) in [6.07, 6.45) is 2.38. The molecule has 0 heterocycles. The van der Waals surface area contributed by atoms with Crippen LogP contribution in [0.25, 0.3) is 0 Å². The molecule has 0 spiro atoms. The van der Waals surface area contributed by atoms with Gasteiger partial charge in [0.05, 0.1) is 19.1 Å².